The summed E-state index contributed by atoms with van der Waals surface area (Å²) in [5.74, 6) is 0.934. The normalized spacial score (nSPS) is 22.1. The minimum atomic E-state index is -1.50. The molecule has 4 N–H and O–H groups in total. The van der Waals surface area contributed by atoms with Crippen LogP contribution in [0.15, 0.2) is 78.9 Å². The number of para-hydroxylation sites is 2. The number of nitrogens with one attached hydrogen (secondary N) is 3. The van der Waals surface area contributed by atoms with E-state index in [0.29, 0.717) is 28.6 Å². The summed E-state index contributed by atoms with van der Waals surface area (Å²) in [5.41, 5.74) is 1.16. The molecule has 0 unspecified atom stereocenters. The Morgan fingerprint density at radius 2 is 1.26 bits per heavy atom. The van der Waals surface area contributed by atoms with Crippen molar-refractivity contribution >= 4 is 35.3 Å². The predicted octanol–water partition coefficient (Wildman–Crippen LogP) is 3.93. The van der Waals surface area contributed by atoms with Gasteiger partial charge in [-0.15, -0.1) is 0 Å². The summed E-state index contributed by atoms with van der Waals surface area (Å²) < 4.78 is 38.7. The predicted molar refractivity (Wildman–Crippen MR) is 150 cm³/mol. The molecule has 3 aromatic rings. The number of ether oxygens (including phenoxy) is 7. The Balaban J connectivity index is 1.38. The minimum Gasteiger partial charge on any atom is -0.454 e. The second-order valence-corrected chi connectivity index (χ2v) is 9.25. The number of methoxy groups -OCH3 is 1. The van der Waals surface area contributed by atoms with E-state index in [1.54, 1.807) is 72.8 Å². The number of aliphatic hydroxyl groups excluding tert-OH is 1. The van der Waals surface area contributed by atoms with E-state index in [4.69, 9.17) is 33.2 Å². The quantitative estimate of drug-likeness (QED) is 0.278. The molecule has 0 spiro atoms. The molecule has 5 rings (SSSR count). The summed E-state index contributed by atoms with van der Waals surface area (Å²) in [4.78, 5) is 38.9. The number of amides is 3. The standard InChI is InChI=1S/C29H29N3O11/c1-37-26-25(43-28(35)31-18-10-6-3-7-11-18)24(42-27(34)30-17-8-4-2-5-9-17)23(22(15-33)40-26)41-29(36)32-19-12-13-20-21(14-19)39-16-38-20/h2-14,22-26,33H,15-16H2,1H3,(H,30,34)(H,31,35)(H,32,36)/t22-,23-,24+,25+,26+/m1/s1. The number of hydrogen-bond acceptors (Lipinski definition) is 11. The van der Waals surface area contributed by atoms with Gasteiger partial charge in [-0.2, -0.15) is 0 Å². The summed E-state index contributed by atoms with van der Waals surface area (Å²) in [6.07, 6.45) is -9.81. The van der Waals surface area contributed by atoms with Gasteiger partial charge < -0.3 is 38.3 Å². The molecule has 0 saturated carbocycles. The summed E-state index contributed by atoms with van der Waals surface area (Å²) >= 11 is 0. The van der Waals surface area contributed by atoms with Crippen LogP contribution in [0, 0.1) is 0 Å². The van der Waals surface area contributed by atoms with Crippen molar-refractivity contribution in [1.82, 2.24) is 0 Å². The van der Waals surface area contributed by atoms with Crippen LogP contribution in [0.3, 0.4) is 0 Å². The van der Waals surface area contributed by atoms with Crippen molar-refractivity contribution in [1.29, 1.82) is 0 Å². The van der Waals surface area contributed by atoms with Crippen molar-refractivity contribution in [2.75, 3.05) is 36.5 Å². The highest BCUT2D eigenvalue weighted by molar-refractivity contribution is 5.87. The molecular formula is C29H29N3O11. The number of benzene rings is 3. The van der Waals surface area contributed by atoms with Gasteiger partial charge in [0.25, 0.3) is 0 Å². The van der Waals surface area contributed by atoms with Gasteiger partial charge in [0.05, 0.1) is 6.61 Å². The lowest BCUT2D eigenvalue weighted by atomic mass is 9.98. The van der Waals surface area contributed by atoms with E-state index in [9.17, 15) is 19.5 Å². The molecule has 2 aliphatic heterocycles. The number of hydrogen-bond donors (Lipinski definition) is 4. The van der Waals surface area contributed by atoms with E-state index in [2.05, 4.69) is 16.0 Å². The van der Waals surface area contributed by atoms with Gasteiger partial charge in [0.2, 0.25) is 6.79 Å². The zero-order chi connectivity index (χ0) is 30.2. The molecule has 226 valence electrons. The Bertz CT molecular complexity index is 1410. The third kappa shape index (κ3) is 7.43. The average Bonchev–Trinajstić information content (AvgIpc) is 3.48. The number of aliphatic hydroxyl groups is 1. The lowest BCUT2D eigenvalue weighted by molar-refractivity contribution is -0.290. The molecule has 0 aromatic heterocycles. The largest absolute Gasteiger partial charge is 0.454 e. The smallest absolute Gasteiger partial charge is 0.412 e. The van der Waals surface area contributed by atoms with Crippen LogP contribution in [0.4, 0.5) is 31.4 Å². The van der Waals surface area contributed by atoms with Crippen LogP contribution in [-0.2, 0) is 23.7 Å². The minimum absolute atomic E-state index is 0.0464. The number of anilines is 3. The summed E-state index contributed by atoms with van der Waals surface area (Å²) in [6, 6.07) is 21.6. The van der Waals surface area contributed by atoms with Crippen LogP contribution in [0.1, 0.15) is 0 Å². The van der Waals surface area contributed by atoms with E-state index >= 15 is 0 Å². The average molecular weight is 596 g/mol. The molecule has 1 fully saturated rings. The molecule has 14 nitrogen and oxygen atoms in total. The van der Waals surface area contributed by atoms with Crippen molar-refractivity contribution in [3.05, 3.63) is 78.9 Å². The van der Waals surface area contributed by atoms with Gasteiger partial charge in [0.1, 0.15) is 6.10 Å². The number of carbonyl (C=O) groups excluding carboxylic acids is 3. The van der Waals surface area contributed by atoms with Crippen LogP contribution in [0.25, 0.3) is 0 Å². The maximum absolute atomic E-state index is 13.0. The maximum atomic E-state index is 13.0. The lowest BCUT2D eigenvalue weighted by Gasteiger charge is -2.43. The van der Waals surface area contributed by atoms with Gasteiger partial charge >= 0.3 is 18.3 Å². The molecule has 2 heterocycles. The Morgan fingerprint density at radius 1 is 0.721 bits per heavy atom. The molecule has 3 amide bonds. The fourth-order valence-electron chi connectivity index (χ4n) is 4.45. The van der Waals surface area contributed by atoms with Gasteiger partial charge in [-0.1, -0.05) is 36.4 Å². The van der Waals surface area contributed by atoms with E-state index in [1.165, 1.54) is 13.2 Å². The molecule has 14 heteroatoms. The molecule has 3 aromatic carbocycles. The highest BCUT2D eigenvalue weighted by atomic mass is 16.7. The van der Waals surface area contributed by atoms with Gasteiger partial charge in [-0.3, -0.25) is 16.0 Å². The van der Waals surface area contributed by atoms with Crippen LogP contribution in [0.5, 0.6) is 11.5 Å². The first kappa shape index (κ1) is 29.4. The SMILES string of the molecule is CO[C@H]1O[C@H](CO)[C@@H](OC(=O)Nc2ccc3c(c2)OCO3)[C@H](OC(=O)Nc2ccccc2)[C@@H]1OC(=O)Nc1ccccc1. The maximum Gasteiger partial charge on any atom is 0.412 e. The number of rotatable bonds is 8. The monoisotopic (exact) mass is 595 g/mol. The van der Waals surface area contributed by atoms with Crippen molar-refractivity contribution in [2.24, 2.45) is 0 Å². The van der Waals surface area contributed by atoms with Crippen LogP contribution < -0.4 is 25.4 Å². The first-order valence-corrected chi connectivity index (χ1v) is 13.2. The van der Waals surface area contributed by atoms with Gasteiger partial charge in [-0.25, -0.2) is 14.4 Å². The highest BCUT2D eigenvalue weighted by Crippen LogP contribution is 2.35. The van der Waals surface area contributed by atoms with Crippen LogP contribution >= 0.6 is 0 Å². The molecule has 43 heavy (non-hydrogen) atoms. The first-order valence-electron chi connectivity index (χ1n) is 13.2. The highest BCUT2D eigenvalue weighted by Gasteiger charge is 2.52. The second-order valence-electron chi connectivity index (χ2n) is 9.25. The lowest BCUT2D eigenvalue weighted by Crippen LogP contribution is -2.63. The molecule has 0 radical (unpaired) electrons. The zero-order valence-electron chi connectivity index (χ0n) is 22.8. The van der Waals surface area contributed by atoms with E-state index in [-0.39, 0.29) is 6.79 Å². The number of carbonyl (C=O) groups is 3. The first-order chi connectivity index (χ1) is 20.9. The Hall–Kier alpha value is -5.05. The molecule has 0 aliphatic carbocycles. The fourth-order valence-corrected chi connectivity index (χ4v) is 4.45. The van der Waals surface area contributed by atoms with Crippen molar-refractivity contribution in [3.8, 4) is 11.5 Å². The summed E-state index contributed by atoms with van der Waals surface area (Å²) in [7, 11) is 1.28. The van der Waals surface area contributed by atoms with Gasteiger partial charge in [0, 0.05) is 30.2 Å². The molecule has 5 atom stereocenters. The van der Waals surface area contributed by atoms with Crippen LogP contribution in [0.2, 0.25) is 0 Å². The Morgan fingerprint density at radius 3 is 1.84 bits per heavy atom. The zero-order valence-corrected chi connectivity index (χ0v) is 22.8. The Labute approximate surface area is 245 Å². The van der Waals surface area contributed by atoms with Crippen molar-refractivity contribution in [2.45, 2.75) is 30.7 Å². The Kier molecular flexibility index (Phi) is 9.41. The molecule has 2 aliphatic rings. The summed E-state index contributed by atoms with van der Waals surface area (Å²) in [5, 5.41) is 17.8. The van der Waals surface area contributed by atoms with Crippen molar-refractivity contribution < 1.29 is 52.6 Å². The van der Waals surface area contributed by atoms with E-state index < -0.39 is 55.6 Å². The van der Waals surface area contributed by atoms with Gasteiger partial charge in [0.15, 0.2) is 36.1 Å². The number of fused-ring (bicyclic) bond motifs is 1. The second kappa shape index (κ2) is 13.7. The van der Waals surface area contributed by atoms with Crippen molar-refractivity contribution in [3.63, 3.8) is 0 Å². The summed E-state index contributed by atoms with van der Waals surface area (Å²) in [6.45, 7) is -0.615. The van der Waals surface area contributed by atoms with Crippen LogP contribution in [-0.4, -0.2) is 74.6 Å². The third-order valence-corrected chi connectivity index (χ3v) is 6.39. The molecule has 0 bridgehead atoms. The molecular weight excluding hydrogens is 566 g/mol. The topological polar surface area (TPSA) is 172 Å². The molecule has 1 saturated heterocycles. The van der Waals surface area contributed by atoms with E-state index in [0.717, 1.165) is 0 Å². The van der Waals surface area contributed by atoms with E-state index in [1.807, 2.05) is 0 Å². The third-order valence-electron chi connectivity index (χ3n) is 6.39. The van der Waals surface area contributed by atoms with Gasteiger partial charge in [-0.05, 0) is 36.4 Å². The fraction of sp³-hybridized carbons (Fsp3) is 0.276.